The van der Waals surface area contributed by atoms with Crippen molar-refractivity contribution in [1.29, 1.82) is 0 Å². The maximum atomic E-state index is 4.34. The number of fused-ring (bicyclic) bond motifs is 1. The third kappa shape index (κ3) is 2.68. The van der Waals surface area contributed by atoms with Crippen LogP contribution in [0.5, 0.6) is 0 Å². The number of hydrogen-bond donors (Lipinski definition) is 1. The highest BCUT2D eigenvalue weighted by Gasteiger charge is 2.16. The van der Waals surface area contributed by atoms with E-state index in [4.69, 9.17) is 0 Å². The Bertz CT molecular complexity index is 555. The lowest BCUT2D eigenvalue weighted by atomic mass is 9.97. The molecule has 3 heterocycles. The minimum absolute atomic E-state index is 0.658. The van der Waals surface area contributed by atoms with Gasteiger partial charge in [-0.25, -0.2) is 4.98 Å². The van der Waals surface area contributed by atoms with Crippen LogP contribution in [0.25, 0.3) is 5.78 Å². The Balaban J connectivity index is 1.69. The molecular weight excluding hydrogens is 240 g/mol. The van der Waals surface area contributed by atoms with E-state index in [0.717, 1.165) is 24.0 Å². The van der Waals surface area contributed by atoms with Gasteiger partial charge in [-0.1, -0.05) is 0 Å². The zero-order valence-corrected chi connectivity index (χ0v) is 11.5. The minimum atomic E-state index is 0.658. The zero-order valence-electron chi connectivity index (χ0n) is 11.5. The number of aromatic nitrogens is 4. The Morgan fingerprint density at radius 2 is 2.16 bits per heavy atom. The Morgan fingerprint density at radius 1 is 1.37 bits per heavy atom. The smallest absolute Gasteiger partial charge is 0.254 e. The maximum absolute atomic E-state index is 4.34. The van der Waals surface area contributed by atoms with Gasteiger partial charge in [0.2, 0.25) is 0 Å². The number of anilines is 1. The predicted molar refractivity (Wildman–Crippen MR) is 74.2 cm³/mol. The second-order valence-corrected chi connectivity index (χ2v) is 5.38. The number of aryl methyl sites for hydroxylation is 1. The lowest BCUT2D eigenvalue weighted by Gasteiger charge is -2.29. The molecule has 0 bridgehead atoms. The van der Waals surface area contributed by atoms with Gasteiger partial charge in [0.25, 0.3) is 5.78 Å². The molecule has 6 heteroatoms. The van der Waals surface area contributed by atoms with Crippen molar-refractivity contribution in [2.45, 2.75) is 19.8 Å². The van der Waals surface area contributed by atoms with Gasteiger partial charge in [-0.05, 0) is 45.8 Å². The average Bonchev–Trinajstić information content (AvgIpc) is 2.85. The number of rotatable bonds is 3. The molecule has 3 rings (SSSR count). The van der Waals surface area contributed by atoms with E-state index in [1.165, 1.54) is 25.9 Å². The van der Waals surface area contributed by atoms with Crippen molar-refractivity contribution in [3.05, 3.63) is 18.1 Å². The molecule has 0 aromatic carbocycles. The molecule has 1 N–H and O–H groups in total. The Hall–Kier alpha value is -1.69. The van der Waals surface area contributed by atoms with Crippen molar-refractivity contribution in [1.82, 2.24) is 24.5 Å². The molecular formula is C13H20N6. The van der Waals surface area contributed by atoms with Gasteiger partial charge in [0.1, 0.15) is 12.1 Å². The molecule has 0 aliphatic carbocycles. The van der Waals surface area contributed by atoms with Crippen molar-refractivity contribution >= 4 is 11.6 Å². The Labute approximate surface area is 112 Å². The predicted octanol–water partition coefficient (Wildman–Crippen LogP) is 1.19. The van der Waals surface area contributed by atoms with Gasteiger partial charge >= 0.3 is 0 Å². The van der Waals surface area contributed by atoms with Gasteiger partial charge in [-0.15, -0.1) is 0 Å². The van der Waals surface area contributed by atoms with E-state index in [-0.39, 0.29) is 0 Å². The van der Waals surface area contributed by atoms with Gasteiger partial charge in [-0.2, -0.15) is 14.6 Å². The summed E-state index contributed by atoms with van der Waals surface area (Å²) in [6.45, 7) is 5.36. The van der Waals surface area contributed by atoms with Crippen LogP contribution < -0.4 is 5.32 Å². The fourth-order valence-corrected chi connectivity index (χ4v) is 2.57. The number of likely N-dealkylation sites (tertiary alicyclic amines) is 1. The summed E-state index contributed by atoms with van der Waals surface area (Å²) in [6.07, 6.45) is 4.06. The molecule has 0 amide bonds. The van der Waals surface area contributed by atoms with E-state index in [1.807, 2.05) is 13.0 Å². The van der Waals surface area contributed by atoms with Gasteiger partial charge in [0, 0.05) is 18.3 Å². The molecule has 2 aromatic heterocycles. The van der Waals surface area contributed by atoms with Crippen LogP contribution in [-0.4, -0.2) is 51.2 Å². The van der Waals surface area contributed by atoms with Crippen LogP contribution in [-0.2, 0) is 0 Å². The van der Waals surface area contributed by atoms with E-state index < -0.39 is 0 Å². The standard InChI is InChI=1S/C13H20N6/c1-10-7-12(19-13(17-10)15-9-16-19)14-8-11-3-5-18(2)6-4-11/h7,9,11,14H,3-6,8H2,1-2H3. The molecule has 1 aliphatic heterocycles. The SMILES string of the molecule is Cc1cc(NCC2CCN(C)CC2)n2ncnc2n1. The lowest BCUT2D eigenvalue weighted by Crippen LogP contribution is -2.33. The second-order valence-electron chi connectivity index (χ2n) is 5.38. The molecule has 2 aromatic rings. The summed E-state index contributed by atoms with van der Waals surface area (Å²) >= 11 is 0. The quantitative estimate of drug-likeness (QED) is 0.898. The fourth-order valence-electron chi connectivity index (χ4n) is 2.57. The van der Waals surface area contributed by atoms with Gasteiger partial charge in [0.15, 0.2) is 0 Å². The molecule has 1 saturated heterocycles. The van der Waals surface area contributed by atoms with E-state index >= 15 is 0 Å². The van der Waals surface area contributed by atoms with Crippen molar-refractivity contribution in [2.75, 3.05) is 32.0 Å². The highest BCUT2D eigenvalue weighted by Crippen LogP contribution is 2.17. The summed E-state index contributed by atoms with van der Waals surface area (Å²) in [6, 6.07) is 2.02. The van der Waals surface area contributed by atoms with Crippen LogP contribution in [0.4, 0.5) is 5.82 Å². The lowest BCUT2D eigenvalue weighted by molar-refractivity contribution is 0.226. The van der Waals surface area contributed by atoms with Crippen LogP contribution in [0.15, 0.2) is 12.4 Å². The molecule has 0 atom stereocenters. The van der Waals surface area contributed by atoms with E-state index in [2.05, 4.69) is 32.3 Å². The first-order valence-corrected chi connectivity index (χ1v) is 6.82. The highest BCUT2D eigenvalue weighted by molar-refractivity contribution is 5.44. The number of nitrogens with one attached hydrogen (secondary N) is 1. The van der Waals surface area contributed by atoms with E-state index in [0.29, 0.717) is 5.78 Å². The maximum Gasteiger partial charge on any atom is 0.254 e. The number of nitrogens with zero attached hydrogens (tertiary/aromatic N) is 5. The molecule has 102 valence electrons. The summed E-state index contributed by atoms with van der Waals surface area (Å²) in [5, 5.41) is 7.71. The molecule has 6 nitrogen and oxygen atoms in total. The van der Waals surface area contributed by atoms with Crippen LogP contribution in [0, 0.1) is 12.8 Å². The van der Waals surface area contributed by atoms with Crippen LogP contribution >= 0.6 is 0 Å². The summed E-state index contributed by atoms with van der Waals surface area (Å²) in [7, 11) is 2.19. The minimum Gasteiger partial charge on any atom is -0.370 e. The summed E-state index contributed by atoms with van der Waals surface area (Å²) in [4.78, 5) is 10.9. The van der Waals surface area contributed by atoms with Crippen molar-refractivity contribution in [3.63, 3.8) is 0 Å². The van der Waals surface area contributed by atoms with Crippen LogP contribution in [0.3, 0.4) is 0 Å². The summed E-state index contributed by atoms with van der Waals surface area (Å²) < 4.78 is 1.77. The van der Waals surface area contributed by atoms with Crippen molar-refractivity contribution in [3.8, 4) is 0 Å². The monoisotopic (exact) mass is 260 g/mol. The second kappa shape index (κ2) is 5.13. The first kappa shape index (κ1) is 12.3. The first-order chi connectivity index (χ1) is 9.22. The molecule has 0 unspecified atom stereocenters. The molecule has 0 spiro atoms. The normalized spacial score (nSPS) is 18.0. The summed E-state index contributed by atoms with van der Waals surface area (Å²) in [5.74, 6) is 2.38. The highest BCUT2D eigenvalue weighted by atomic mass is 15.3. The molecule has 0 saturated carbocycles. The molecule has 0 radical (unpaired) electrons. The largest absolute Gasteiger partial charge is 0.370 e. The Kier molecular flexibility index (Phi) is 3.33. The van der Waals surface area contributed by atoms with Crippen LogP contribution in [0.1, 0.15) is 18.5 Å². The molecule has 1 fully saturated rings. The Morgan fingerprint density at radius 3 is 2.95 bits per heavy atom. The summed E-state index contributed by atoms with van der Waals surface area (Å²) in [5.41, 5.74) is 0.964. The number of piperidine rings is 1. The van der Waals surface area contributed by atoms with E-state index in [9.17, 15) is 0 Å². The zero-order chi connectivity index (χ0) is 13.2. The fraction of sp³-hybridized carbons (Fsp3) is 0.615. The third-order valence-electron chi connectivity index (χ3n) is 3.79. The van der Waals surface area contributed by atoms with E-state index in [1.54, 1.807) is 10.8 Å². The number of hydrogen-bond acceptors (Lipinski definition) is 5. The first-order valence-electron chi connectivity index (χ1n) is 6.82. The van der Waals surface area contributed by atoms with Crippen molar-refractivity contribution < 1.29 is 0 Å². The van der Waals surface area contributed by atoms with Gasteiger partial charge in [-0.3, -0.25) is 0 Å². The molecule has 19 heavy (non-hydrogen) atoms. The van der Waals surface area contributed by atoms with Crippen LogP contribution in [0.2, 0.25) is 0 Å². The topological polar surface area (TPSA) is 58.4 Å². The van der Waals surface area contributed by atoms with Gasteiger partial charge < -0.3 is 10.2 Å². The third-order valence-corrected chi connectivity index (χ3v) is 3.79. The average molecular weight is 260 g/mol. The van der Waals surface area contributed by atoms with Crippen molar-refractivity contribution in [2.24, 2.45) is 5.92 Å². The van der Waals surface area contributed by atoms with Gasteiger partial charge in [0.05, 0.1) is 0 Å². The molecule has 1 aliphatic rings.